The molecule has 2 rings (SSSR count). The number of nitrogens with one attached hydrogen (secondary N) is 1. The smallest absolute Gasteiger partial charge is 0.243 e. The highest BCUT2D eigenvalue weighted by atomic mass is 32.1. The molecule has 0 radical (unpaired) electrons. The van der Waals surface area contributed by atoms with E-state index in [1.165, 1.54) is 11.3 Å². The van der Waals surface area contributed by atoms with Crippen molar-refractivity contribution in [2.75, 3.05) is 5.32 Å². The van der Waals surface area contributed by atoms with Crippen molar-refractivity contribution in [1.29, 1.82) is 0 Å². The van der Waals surface area contributed by atoms with Crippen molar-refractivity contribution in [3.8, 4) is 0 Å². The second-order valence-corrected chi connectivity index (χ2v) is 4.52. The maximum Gasteiger partial charge on any atom is 0.243 e. The van der Waals surface area contributed by atoms with Crippen LogP contribution in [0.4, 0.5) is 5.13 Å². The number of amides is 1. The van der Waals surface area contributed by atoms with Gasteiger partial charge in [0.1, 0.15) is 0 Å². The maximum atomic E-state index is 11.7. The zero-order valence-corrected chi connectivity index (χ0v) is 9.98. The van der Waals surface area contributed by atoms with Gasteiger partial charge >= 0.3 is 0 Å². The molecule has 1 unspecified atom stereocenters. The van der Waals surface area contributed by atoms with E-state index < -0.39 is 6.04 Å². The lowest BCUT2D eigenvalue weighted by atomic mass is 10.1. The Bertz CT molecular complexity index is 470. The van der Waals surface area contributed by atoms with E-state index in [-0.39, 0.29) is 5.91 Å². The molecule has 88 valence electrons. The maximum absolute atomic E-state index is 11.7. The molecule has 2 aromatic rings. The largest absolute Gasteiger partial charge is 0.320 e. The first-order valence-corrected chi connectivity index (χ1v) is 6.13. The van der Waals surface area contributed by atoms with E-state index in [1.807, 2.05) is 30.3 Å². The van der Waals surface area contributed by atoms with Crippen LogP contribution in [-0.4, -0.2) is 16.9 Å². The number of carbonyl (C=O) groups is 1. The summed E-state index contributed by atoms with van der Waals surface area (Å²) in [5.74, 6) is -0.205. The fraction of sp³-hybridized carbons (Fsp3) is 0.167. The van der Waals surface area contributed by atoms with Gasteiger partial charge in [-0.25, -0.2) is 4.98 Å². The fourth-order valence-electron chi connectivity index (χ4n) is 1.44. The first kappa shape index (κ1) is 11.8. The van der Waals surface area contributed by atoms with Gasteiger partial charge < -0.3 is 11.1 Å². The fourth-order valence-corrected chi connectivity index (χ4v) is 1.98. The Morgan fingerprint density at radius 3 is 2.82 bits per heavy atom. The normalized spacial score (nSPS) is 12.1. The molecule has 1 aromatic heterocycles. The van der Waals surface area contributed by atoms with Crippen LogP contribution in [0.1, 0.15) is 5.56 Å². The second kappa shape index (κ2) is 5.56. The SMILES string of the molecule is NC(Cc1ccccc1)C(=O)Nc1nccs1. The van der Waals surface area contributed by atoms with Gasteiger partial charge in [0.25, 0.3) is 0 Å². The van der Waals surface area contributed by atoms with E-state index >= 15 is 0 Å². The summed E-state index contributed by atoms with van der Waals surface area (Å²) < 4.78 is 0. The molecular weight excluding hydrogens is 234 g/mol. The lowest BCUT2D eigenvalue weighted by molar-refractivity contribution is -0.117. The van der Waals surface area contributed by atoms with Crippen molar-refractivity contribution >= 4 is 22.4 Å². The number of carbonyl (C=O) groups excluding carboxylic acids is 1. The average Bonchev–Trinajstić information content (AvgIpc) is 2.83. The number of benzene rings is 1. The van der Waals surface area contributed by atoms with Crippen LogP contribution in [0.5, 0.6) is 0 Å². The Morgan fingerprint density at radius 1 is 1.41 bits per heavy atom. The summed E-state index contributed by atoms with van der Waals surface area (Å²) in [5.41, 5.74) is 6.88. The predicted octanol–water partition coefficient (Wildman–Crippen LogP) is 1.65. The number of aromatic nitrogens is 1. The van der Waals surface area contributed by atoms with E-state index in [2.05, 4.69) is 10.3 Å². The molecule has 1 heterocycles. The van der Waals surface area contributed by atoms with Gasteiger partial charge in [-0.1, -0.05) is 30.3 Å². The molecule has 0 saturated heterocycles. The number of nitrogens with zero attached hydrogens (tertiary/aromatic N) is 1. The number of hydrogen-bond acceptors (Lipinski definition) is 4. The van der Waals surface area contributed by atoms with Crippen molar-refractivity contribution < 1.29 is 4.79 Å². The van der Waals surface area contributed by atoms with Gasteiger partial charge in [0, 0.05) is 11.6 Å². The van der Waals surface area contributed by atoms with Crippen LogP contribution >= 0.6 is 11.3 Å². The molecule has 0 aliphatic heterocycles. The summed E-state index contributed by atoms with van der Waals surface area (Å²) in [6, 6.07) is 9.15. The Balaban J connectivity index is 1.92. The highest BCUT2D eigenvalue weighted by Crippen LogP contribution is 2.11. The molecular formula is C12H13N3OS. The Labute approximate surface area is 103 Å². The van der Waals surface area contributed by atoms with Crippen LogP contribution in [0.3, 0.4) is 0 Å². The topological polar surface area (TPSA) is 68.0 Å². The van der Waals surface area contributed by atoms with Gasteiger partial charge in [0.05, 0.1) is 6.04 Å². The minimum absolute atomic E-state index is 0.205. The highest BCUT2D eigenvalue weighted by Gasteiger charge is 2.14. The van der Waals surface area contributed by atoms with E-state index in [1.54, 1.807) is 11.6 Å². The summed E-state index contributed by atoms with van der Waals surface area (Å²) in [5, 5.41) is 5.07. The third-order valence-corrected chi connectivity index (χ3v) is 2.99. The van der Waals surface area contributed by atoms with Gasteiger partial charge in [-0.2, -0.15) is 0 Å². The minimum Gasteiger partial charge on any atom is -0.320 e. The van der Waals surface area contributed by atoms with E-state index in [0.29, 0.717) is 11.6 Å². The first-order valence-electron chi connectivity index (χ1n) is 5.25. The first-order chi connectivity index (χ1) is 8.25. The number of hydrogen-bond donors (Lipinski definition) is 2. The summed E-state index contributed by atoms with van der Waals surface area (Å²) in [6.07, 6.45) is 2.17. The minimum atomic E-state index is -0.554. The van der Waals surface area contributed by atoms with E-state index in [0.717, 1.165) is 5.56 Å². The molecule has 1 amide bonds. The van der Waals surface area contributed by atoms with Gasteiger partial charge in [-0.05, 0) is 12.0 Å². The zero-order valence-electron chi connectivity index (χ0n) is 9.17. The molecule has 0 bridgehead atoms. The van der Waals surface area contributed by atoms with Crippen LogP contribution in [0.2, 0.25) is 0 Å². The molecule has 1 aromatic carbocycles. The summed E-state index contributed by atoms with van der Waals surface area (Å²) in [6.45, 7) is 0. The third kappa shape index (κ3) is 3.37. The molecule has 0 aliphatic rings. The average molecular weight is 247 g/mol. The van der Waals surface area contributed by atoms with Crippen LogP contribution in [-0.2, 0) is 11.2 Å². The van der Waals surface area contributed by atoms with Crippen molar-refractivity contribution in [2.45, 2.75) is 12.5 Å². The van der Waals surface area contributed by atoms with Crippen molar-refractivity contribution in [1.82, 2.24) is 4.98 Å². The lowest BCUT2D eigenvalue weighted by Crippen LogP contribution is -2.37. The summed E-state index contributed by atoms with van der Waals surface area (Å²) in [4.78, 5) is 15.7. The van der Waals surface area contributed by atoms with Gasteiger partial charge in [-0.3, -0.25) is 4.79 Å². The van der Waals surface area contributed by atoms with Crippen molar-refractivity contribution in [3.63, 3.8) is 0 Å². The molecule has 3 N–H and O–H groups in total. The predicted molar refractivity (Wildman–Crippen MR) is 68.9 cm³/mol. The molecule has 0 saturated carbocycles. The standard InChI is InChI=1S/C12H13N3OS/c13-10(8-9-4-2-1-3-5-9)11(16)15-12-14-6-7-17-12/h1-7,10H,8,13H2,(H,14,15,16). The molecule has 5 heteroatoms. The van der Waals surface area contributed by atoms with Crippen LogP contribution in [0, 0.1) is 0 Å². The highest BCUT2D eigenvalue weighted by molar-refractivity contribution is 7.13. The molecule has 0 aliphatic carbocycles. The molecule has 1 atom stereocenters. The van der Waals surface area contributed by atoms with E-state index in [9.17, 15) is 4.79 Å². The Kier molecular flexibility index (Phi) is 3.85. The number of anilines is 1. The van der Waals surface area contributed by atoms with Gasteiger partial charge in [0.2, 0.25) is 5.91 Å². The lowest BCUT2D eigenvalue weighted by Gasteiger charge is -2.10. The Morgan fingerprint density at radius 2 is 2.18 bits per heavy atom. The van der Waals surface area contributed by atoms with Crippen molar-refractivity contribution in [3.05, 3.63) is 47.5 Å². The monoisotopic (exact) mass is 247 g/mol. The zero-order chi connectivity index (χ0) is 12.1. The van der Waals surface area contributed by atoms with Crippen LogP contribution in [0.25, 0.3) is 0 Å². The Hall–Kier alpha value is -1.72. The van der Waals surface area contributed by atoms with Crippen molar-refractivity contribution in [2.24, 2.45) is 5.73 Å². The molecule has 17 heavy (non-hydrogen) atoms. The molecule has 0 spiro atoms. The van der Waals surface area contributed by atoms with Crippen LogP contribution < -0.4 is 11.1 Å². The van der Waals surface area contributed by atoms with Gasteiger partial charge in [0.15, 0.2) is 5.13 Å². The number of rotatable bonds is 4. The summed E-state index contributed by atoms with van der Waals surface area (Å²) >= 11 is 1.38. The third-order valence-electron chi connectivity index (χ3n) is 2.30. The second-order valence-electron chi connectivity index (χ2n) is 3.62. The number of nitrogens with two attached hydrogens (primary N) is 1. The molecule has 4 nitrogen and oxygen atoms in total. The number of thiazole rings is 1. The van der Waals surface area contributed by atoms with Gasteiger partial charge in [-0.15, -0.1) is 11.3 Å². The van der Waals surface area contributed by atoms with Crippen LogP contribution in [0.15, 0.2) is 41.9 Å². The quantitative estimate of drug-likeness (QED) is 0.863. The molecule has 0 fully saturated rings. The van der Waals surface area contributed by atoms with E-state index in [4.69, 9.17) is 5.73 Å². The summed E-state index contributed by atoms with van der Waals surface area (Å²) in [7, 11) is 0.